The molecule has 0 bridgehead atoms. The van der Waals surface area contributed by atoms with E-state index in [0.717, 1.165) is 39.3 Å². The molecule has 1 saturated heterocycles. The van der Waals surface area contributed by atoms with Gasteiger partial charge in [-0.15, -0.1) is 0 Å². The van der Waals surface area contributed by atoms with Gasteiger partial charge in [-0.25, -0.2) is 0 Å². The first-order valence-electron chi connectivity index (χ1n) is 7.32. The summed E-state index contributed by atoms with van der Waals surface area (Å²) in [4.78, 5) is 2.49. The Balaban J connectivity index is 0.000000399. The Kier molecular flexibility index (Phi) is 9.33. The van der Waals surface area contributed by atoms with Crippen LogP contribution in [0, 0.1) is 0 Å². The maximum Gasteiger partial charge on any atom is 0.0594 e. The second kappa shape index (κ2) is 11.0. The molecule has 2 rings (SSSR count). The third-order valence-corrected chi connectivity index (χ3v) is 3.28. The quantitative estimate of drug-likeness (QED) is 0.844. The molecule has 0 amide bonds. The third kappa shape index (κ3) is 7.98. The second-order valence-corrected chi connectivity index (χ2v) is 4.75. The number of hydrogen-bond acceptors (Lipinski definition) is 3. The van der Waals surface area contributed by atoms with E-state index in [-0.39, 0.29) is 0 Å². The highest BCUT2D eigenvalue weighted by atomic mass is 16.5. The number of nitrogens with zero attached hydrogens (tertiary/aromatic N) is 1. The van der Waals surface area contributed by atoms with Gasteiger partial charge in [-0.3, -0.25) is 4.90 Å². The summed E-state index contributed by atoms with van der Waals surface area (Å²) in [6.07, 6.45) is 13.1. The zero-order valence-electron chi connectivity index (χ0n) is 12.4. The van der Waals surface area contributed by atoms with Crippen LogP contribution in [-0.2, 0) is 4.74 Å². The van der Waals surface area contributed by atoms with E-state index in [1.165, 1.54) is 18.5 Å². The standard InChI is InChI=1S/C13H19NO.C3H9N/c1-2-4-6-13(5-3-1)7-8-14-9-11-15-12-10-14;1-3-4-2/h1-5H,6-12H2;4H,3H2,1-2H3. The van der Waals surface area contributed by atoms with Crippen molar-refractivity contribution in [1.29, 1.82) is 0 Å². The monoisotopic (exact) mass is 264 g/mol. The molecule has 1 aliphatic heterocycles. The molecule has 0 unspecified atom stereocenters. The summed E-state index contributed by atoms with van der Waals surface area (Å²) in [5.74, 6) is 0. The molecule has 0 atom stereocenters. The van der Waals surface area contributed by atoms with Crippen molar-refractivity contribution in [1.82, 2.24) is 10.2 Å². The van der Waals surface area contributed by atoms with Gasteiger partial charge in [-0.2, -0.15) is 0 Å². The molecule has 1 fully saturated rings. The Hall–Kier alpha value is -0.900. The minimum Gasteiger partial charge on any atom is -0.379 e. The SMILES string of the molecule is C1=CC=C(CCN2CCOCC2)CC=C1.CCNC. The van der Waals surface area contributed by atoms with E-state index in [2.05, 4.69) is 47.5 Å². The summed E-state index contributed by atoms with van der Waals surface area (Å²) in [6, 6.07) is 0. The van der Waals surface area contributed by atoms with E-state index in [9.17, 15) is 0 Å². The zero-order chi connectivity index (χ0) is 13.8. The average Bonchev–Trinajstić information content (AvgIpc) is 2.75. The van der Waals surface area contributed by atoms with Crippen LogP contribution in [0.1, 0.15) is 19.8 Å². The van der Waals surface area contributed by atoms with Crippen molar-refractivity contribution in [2.45, 2.75) is 19.8 Å². The summed E-state index contributed by atoms with van der Waals surface area (Å²) in [5, 5.41) is 2.93. The molecule has 1 N–H and O–H groups in total. The smallest absolute Gasteiger partial charge is 0.0594 e. The highest BCUT2D eigenvalue weighted by molar-refractivity contribution is 5.23. The first-order chi connectivity index (χ1) is 9.36. The Morgan fingerprint density at radius 3 is 2.63 bits per heavy atom. The summed E-state index contributed by atoms with van der Waals surface area (Å²) in [7, 11) is 1.93. The highest BCUT2D eigenvalue weighted by Crippen LogP contribution is 2.12. The van der Waals surface area contributed by atoms with Crippen LogP contribution < -0.4 is 5.32 Å². The van der Waals surface area contributed by atoms with E-state index in [4.69, 9.17) is 4.74 Å². The summed E-state index contributed by atoms with van der Waals surface area (Å²) < 4.78 is 5.33. The molecular weight excluding hydrogens is 236 g/mol. The van der Waals surface area contributed by atoms with Crippen molar-refractivity contribution in [3.05, 3.63) is 36.0 Å². The lowest BCUT2D eigenvalue weighted by Gasteiger charge is -2.26. The Morgan fingerprint density at radius 1 is 1.21 bits per heavy atom. The molecule has 1 aliphatic carbocycles. The number of morpholine rings is 1. The van der Waals surface area contributed by atoms with Crippen molar-refractivity contribution >= 4 is 0 Å². The molecule has 2 aliphatic rings. The first kappa shape index (κ1) is 16.2. The van der Waals surface area contributed by atoms with Crippen molar-refractivity contribution < 1.29 is 4.74 Å². The van der Waals surface area contributed by atoms with Crippen LogP contribution in [-0.4, -0.2) is 51.3 Å². The minimum absolute atomic E-state index is 0.902. The van der Waals surface area contributed by atoms with Gasteiger partial charge in [-0.1, -0.05) is 42.9 Å². The van der Waals surface area contributed by atoms with Crippen LogP contribution in [0.25, 0.3) is 0 Å². The van der Waals surface area contributed by atoms with Crippen LogP contribution in [0.15, 0.2) is 36.0 Å². The van der Waals surface area contributed by atoms with Crippen molar-refractivity contribution in [2.75, 3.05) is 46.4 Å². The van der Waals surface area contributed by atoms with Gasteiger partial charge >= 0.3 is 0 Å². The maximum absolute atomic E-state index is 5.33. The van der Waals surface area contributed by atoms with Gasteiger partial charge in [0.2, 0.25) is 0 Å². The molecular formula is C16H28N2O. The predicted octanol–water partition coefficient (Wildman–Crippen LogP) is 2.38. The van der Waals surface area contributed by atoms with Crippen molar-refractivity contribution in [3.63, 3.8) is 0 Å². The molecule has 0 aromatic carbocycles. The van der Waals surface area contributed by atoms with E-state index in [0.29, 0.717) is 0 Å². The lowest BCUT2D eigenvalue weighted by atomic mass is 10.1. The Bertz CT molecular complexity index is 300. The second-order valence-electron chi connectivity index (χ2n) is 4.75. The molecule has 0 spiro atoms. The van der Waals surface area contributed by atoms with Gasteiger partial charge in [0.25, 0.3) is 0 Å². The number of ether oxygens (including phenoxy) is 1. The third-order valence-electron chi connectivity index (χ3n) is 3.28. The average molecular weight is 264 g/mol. The van der Waals surface area contributed by atoms with Crippen molar-refractivity contribution in [3.8, 4) is 0 Å². The Labute approximate surface area is 118 Å². The number of allylic oxidation sites excluding steroid dienone is 5. The zero-order valence-corrected chi connectivity index (χ0v) is 12.4. The lowest BCUT2D eigenvalue weighted by Crippen LogP contribution is -2.36. The van der Waals surface area contributed by atoms with Gasteiger partial charge in [0, 0.05) is 19.6 Å². The van der Waals surface area contributed by atoms with Gasteiger partial charge in [0.1, 0.15) is 0 Å². The minimum atomic E-state index is 0.902. The van der Waals surface area contributed by atoms with Crippen LogP contribution in [0.3, 0.4) is 0 Å². The van der Waals surface area contributed by atoms with E-state index in [1.54, 1.807) is 0 Å². The Morgan fingerprint density at radius 2 is 1.95 bits per heavy atom. The van der Waals surface area contributed by atoms with Gasteiger partial charge in [0.05, 0.1) is 13.2 Å². The molecule has 108 valence electrons. The van der Waals surface area contributed by atoms with Gasteiger partial charge < -0.3 is 10.1 Å². The van der Waals surface area contributed by atoms with Crippen LogP contribution >= 0.6 is 0 Å². The fourth-order valence-corrected chi connectivity index (χ4v) is 1.93. The highest BCUT2D eigenvalue weighted by Gasteiger charge is 2.10. The van der Waals surface area contributed by atoms with Crippen LogP contribution in [0.5, 0.6) is 0 Å². The van der Waals surface area contributed by atoms with Gasteiger partial charge in [-0.05, 0) is 26.4 Å². The summed E-state index contributed by atoms with van der Waals surface area (Å²) >= 11 is 0. The topological polar surface area (TPSA) is 24.5 Å². The molecule has 0 radical (unpaired) electrons. The van der Waals surface area contributed by atoms with E-state index < -0.39 is 0 Å². The summed E-state index contributed by atoms with van der Waals surface area (Å²) in [6.45, 7) is 8.31. The normalized spacial score (nSPS) is 19.4. The first-order valence-corrected chi connectivity index (χ1v) is 7.32. The van der Waals surface area contributed by atoms with Crippen molar-refractivity contribution in [2.24, 2.45) is 0 Å². The lowest BCUT2D eigenvalue weighted by molar-refractivity contribution is 0.0384. The molecule has 1 heterocycles. The molecule has 3 nitrogen and oxygen atoms in total. The largest absolute Gasteiger partial charge is 0.379 e. The molecule has 0 saturated carbocycles. The van der Waals surface area contributed by atoms with Crippen LogP contribution in [0.2, 0.25) is 0 Å². The fraction of sp³-hybridized carbons (Fsp3) is 0.625. The summed E-state index contributed by atoms with van der Waals surface area (Å²) in [5.41, 5.74) is 1.53. The molecule has 0 aromatic rings. The number of nitrogens with one attached hydrogen (secondary N) is 1. The molecule has 0 aromatic heterocycles. The molecule has 3 heteroatoms. The maximum atomic E-state index is 5.33. The predicted molar refractivity (Wildman–Crippen MR) is 82.5 cm³/mol. The fourth-order valence-electron chi connectivity index (χ4n) is 1.93. The number of rotatable bonds is 4. The molecule has 19 heavy (non-hydrogen) atoms. The number of hydrogen-bond donors (Lipinski definition) is 1. The van der Waals surface area contributed by atoms with E-state index in [1.807, 2.05) is 7.05 Å². The van der Waals surface area contributed by atoms with Crippen LogP contribution in [0.4, 0.5) is 0 Å². The van der Waals surface area contributed by atoms with E-state index >= 15 is 0 Å². The van der Waals surface area contributed by atoms with Gasteiger partial charge in [0.15, 0.2) is 0 Å².